The molecule has 2 aliphatic carbocycles. The molecule has 1 saturated carbocycles. The minimum absolute atomic E-state index is 0.0132. The Morgan fingerprint density at radius 2 is 1.82 bits per heavy atom. The van der Waals surface area contributed by atoms with Crippen molar-refractivity contribution in [2.45, 2.75) is 71.3 Å². The molecule has 0 spiro atoms. The fourth-order valence-electron chi connectivity index (χ4n) is 6.54. The number of aryl methyl sites for hydroxylation is 1. The third-order valence-electron chi connectivity index (χ3n) is 8.85. The van der Waals surface area contributed by atoms with Crippen LogP contribution in [0.1, 0.15) is 80.5 Å². The molecular formula is C33H37FO4. The number of fused-ring (bicyclic) bond motifs is 1. The Labute approximate surface area is 224 Å². The lowest BCUT2D eigenvalue weighted by molar-refractivity contribution is -0.141. The summed E-state index contributed by atoms with van der Waals surface area (Å²) in [4.78, 5) is 11.6. The Balaban J connectivity index is 1.45. The summed E-state index contributed by atoms with van der Waals surface area (Å²) >= 11 is 0. The van der Waals surface area contributed by atoms with E-state index in [2.05, 4.69) is 26.0 Å². The van der Waals surface area contributed by atoms with E-state index in [4.69, 9.17) is 9.47 Å². The Kier molecular flexibility index (Phi) is 7.21. The number of halogens is 1. The van der Waals surface area contributed by atoms with E-state index >= 15 is 4.39 Å². The molecule has 5 rings (SSSR count). The maximum atomic E-state index is 15.1. The number of ether oxygens (including phenoxy) is 2. The van der Waals surface area contributed by atoms with Crippen LogP contribution < -0.4 is 9.47 Å². The van der Waals surface area contributed by atoms with E-state index in [9.17, 15) is 9.90 Å². The summed E-state index contributed by atoms with van der Waals surface area (Å²) in [6.07, 6.45) is 5.13. The van der Waals surface area contributed by atoms with Gasteiger partial charge in [-0.3, -0.25) is 4.79 Å². The number of aliphatic carboxylic acids is 1. The van der Waals surface area contributed by atoms with Gasteiger partial charge in [0, 0.05) is 5.56 Å². The molecule has 38 heavy (non-hydrogen) atoms. The van der Waals surface area contributed by atoms with Crippen LogP contribution in [-0.4, -0.2) is 18.2 Å². The second kappa shape index (κ2) is 10.4. The van der Waals surface area contributed by atoms with Crippen LogP contribution in [0.4, 0.5) is 4.39 Å². The van der Waals surface area contributed by atoms with E-state index in [0.717, 1.165) is 60.1 Å². The van der Waals surface area contributed by atoms with Crippen molar-refractivity contribution >= 4 is 5.97 Å². The van der Waals surface area contributed by atoms with Gasteiger partial charge < -0.3 is 14.6 Å². The lowest BCUT2D eigenvalue weighted by Crippen LogP contribution is -2.17. The van der Waals surface area contributed by atoms with Crippen molar-refractivity contribution in [1.82, 2.24) is 0 Å². The maximum absolute atomic E-state index is 15.1. The number of hydrogen-bond donors (Lipinski definition) is 1. The van der Waals surface area contributed by atoms with Gasteiger partial charge in [0.05, 0.1) is 13.0 Å². The average Bonchev–Trinajstić information content (AvgIpc) is 3.49. The molecule has 4 nitrogen and oxygen atoms in total. The van der Waals surface area contributed by atoms with Gasteiger partial charge in [-0.1, -0.05) is 51.5 Å². The van der Waals surface area contributed by atoms with Crippen LogP contribution in [0.3, 0.4) is 0 Å². The van der Waals surface area contributed by atoms with Gasteiger partial charge >= 0.3 is 5.97 Å². The third-order valence-corrected chi connectivity index (χ3v) is 8.85. The molecule has 2 aliphatic rings. The topological polar surface area (TPSA) is 55.8 Å². The number of carboxylic acids is 1. The van der Waals surface area contributed by atoms with Crippen molar-refractivity contribution in [3.63, 3.8) is 0 Å². The highest BCUT2D eigenvalue weighted by molar-refractivity contribution is 5.72. The molecule has 200 valence electrons. The Hall–Kier alpha value is -3.34. The van der Waals surface area contributed by atoms with Gasteiger partial charge in [-0.25, -0.2) is 4.39 Å². The summed E-state index contributed by atoms with van der Waals surface area (Å²) in [6, 6.07) is 17.2. The molecule has 3 aromatic carbocycles. The molecule has 1 N–H and O–H groups in total. The number of carboxylic acid groups (broad SMARTS) is 1. The fourth-order valence-corrected chi connectivity index (χ4v) is 6.54. The van der Waals surface area contributed by atoms with Gasteiger partial charge in [-0.15, -0.1) is 0 Å². The van der Waals surface area contributed by atoms with Crippen LogP contribution in [0.2, 0.25) is 0 Å². The van der Waals surface area contributed by atoms with E-state index < -0.39 is 11.9 Å². The first-order valence-corrected chi connectivity index (χ1v) is 13.6. The summed E-state index contributed by atoms with van der Waals surface area (Å²) in [7, 11) is 1.60. The second-order valence-corrected chi connectivity index (χ2v) is 11.6. The number of hydrogen-bond acceptors (Lipinski definition) is 3. The van der Waals surface area contributed by atoms with Gasteiger partial charge in [0.25, 0.3) is 0 Å². The third kappa shape index (κ3) is 5.03. The summed E-state index contributed by atoms with van der Waals surface area (Å²) in [5.41, 5.74) is 6.09. The number of rotatable bonds is 8. The highest BCUT2D eigenvalue weighted by Gasteiger charge is 2.37. The van der Waals surface area contributed by atoms with Crippen LogP contribution >= 0.6 is 0 Å². The summed E-state index contributed by atoms with van der Waals surface area (Å²) in [5, 5.41) is 9.53. The number of methoxy groups -OCH3 is 1. The van der Waals surface area contributed by atoms with E-state index in [-0.39, 0.29) is 17.2 Å². The Bertz CT molecular complexity index is 1340. The van der Waals surface area contributed by atoms with Crippen molar-refractivity contribution in [1.29, 1.82) is 0 Å². The smallest absolute Gasteiger partial charge is 0.306 e. The van der Waals surface area contributed by atoms with E-state index in [0.29, 0.717) is 23.8 Å². The zero-order chi connectivity index (χ0) is 27.0. The molecule has 0 heterocycles. The van der Waals surface area contributed by atoms with Gasteiger partial charge in [-0.05, 0) is 101 Å². The number of carbonyl (C=O) groups is 1. The van der Waals surface area contributed by atoms with E-state index in [1.807, 2.05) is 24.3 Å². The fraction of sp³-hybridized carbons (Fsp3) is 0.424. The van der Waals surface area contributed by atoms with E-state index in [1.165, 1.54) is 11.6 Å². The largest absolute Gasteiger partial charge is 0.497 e. The highest BCUT2D eigenvalue weighted by atomic mass is 19.1. The standard InChI is InChI=1S/C33H37FO4/c1-20(32(35)36)25-13-9-22-8-10-24(18-27(22)25)38-19-21-7-12-26(29-17-23(37-4)11-14-31(29)34)28(16-21)30-6-5-15-33(30,2)3/h7-8,10-12,14,16-18,20,25,30H,5-6,9,13,15,19H2,1-4H3,(H,35,36)/t20-,25+,30+/m0/s1. The van der Waals surface area contributed by atoms with Gasteiger partial charge in [0.2, 0.25) is 0 Å². The van der Waals surface area contributed by atoms with Crippen molar-refractivity contribution < 1.29 is 23.8 Å². The van der Waals surface area contributed by atoms with Crippen molar-refractivity contribution in [3.05, 3.63) is 82.7 Å². The lowest BCUT2D eigenvalue weighted by atomic mass is 9.75. The van der Waals surface area contributed by atoms with Crippen LogP contribution in [0.5, 0.6) is 11.5 Å². The van der Waals surface area contributed by atoms with Crippen molar-refractivity contribution in [2.75, 3.05) is 7.11 Å². The molecule has 0 saturated heterocycles. The molecule has 0 aromatic heterocycles. The highest BCUT2D eigenvalue weighted by Crippen LogP contribution is 2.51. The van der Waals surface area contributed by atoms with Crippen LogP contribution in [0.15, 0.2) is 54.6 Å². The molecule has 0 radical (unpaired) electrons. The zero-order valence-corrected chi connectivity index (χ0v) is 22.7. The monoisotopic (exact) mass is 516 g/mol. The van der Waals surface area contributed by atoms with Gasteiger partial charge in [-0.2, -0.15) is 0 Å². The molecule has 0 unspecified atom stereocenters. The maximum Gasteiger partial charge on any atom is 0.306 e. The van der Waals surface area contributed by atoms with Crippen LogP contribution in [0, 0.1) is 17.2 Å². The van der Waals surface area contributed by atoms with Crippen LogP contribution in [0.25, 0.3) is 11.1 Å². The van der Waals surface area contributed by atoms with Crippen LogP contribution in [-0.2, 0) is 17.8 Å². The van der Waals surface area contributed by atoms with Gasteiger partial charge in [0.15, 0.2) is 0 Å². The lowest BCUT2D eigenvalue weighted by Gasteiger charge is -2.30. The summed E-state index contributed by atoms with van der Waals surface area (Å²) in [6.45, 7) is 6.78. The Morgan fingerprint density at radius 1 is 1.03 bits per heavy atom. The SMILES string of the molecule is COc1ccc(F)c(-c2ccc(COc3ccc4c(c3)[C@@H]([C@H](C)C(=O)O)CC4)cc2[C@H]2CCCC2(C)C)c1. The molecule has 3 atom stereocenters. The molecule has 0 bridgehead atoms. The molecule has 1 fully saturated rings. The molecule has 0 aliphatic heterocycles. The number of benzene rings is 3. The molecule has 5 heteroatoms. The molecule has 3 aromatic rings. The van der Waals surface area contributed by atoms with Gasteiger partial charge in [0.1, 0.15) is 23.9 Å². The zero-order valence-electron chi connectivity index (χ0n) is 22.7. The predicted molar refractivity (Wildman–Crippen MR) is 147 cm³/mol. The summed E-state index contributed by atoms with van der Waals surface area (Å²) in [5.74, 6) is 0.282. The van der Waals surface area contributed by atoms with Crippen molar-refractivity contribution in [2.24, 2.45) is 11.3 Å². The first kappa shape index (κ1) is 26.3. The van der Waals surface area contributed by atoms with E-state index in [1.54, 1.807) is 26.2 Å². The average molecular weight is 517 g/mol. The molecule has 0 amide bonds. The normalized spacial score (nSPS) is 20.7. The Morgan fingerprint density at radius 3 is 2.53 bits per heavy atom. The minimum atomic E-state index is -0.760. The predicted octanol–water partition coefficient (Wildman–Crippen LogP) is 8.12. The second-order valence-electron chi connectivity index (χ2n) is 11.6. The minimum Gasteiger partial charge on any atom is -0.497 e. The first-order chi connectivity index (χ1) is 18.2. The quantitative estimate of drug-likeness (QED) is 0.328. The first-order valence-electron chi connectivity index (χ1n) is 13.6. The molecular weight excluding hydrogens is 479 g/mol. The summed E-state index contributed by atoms with van der Waals surface area (Å²) < 4.78 is 26.7. The van der Waals surface area contributed by atoms with Crippen molar-refractivity contribution in [3.8, 4) is 22.6 Å².